The van der Waals surface area contributed by atoms with E-state index in [0.717, 1.165) is 4.57 Å². The molecule has 0 aliphatic carbocycles. The number of carbonyl (C=O) groups is 2. The monoisotopic (exact) mass is 376 g/mol. The van der Waals surface area contributed by atoms with Crippen LogP contribution in [0.1, 0.15) is 28.7 Å². The Balaban J connectivity index is 2.07. The van der Waals surface area contributed by atoms with Crippen LogP contribution in [0, 0.1) is 0 Å². The van der Waals surface area contributed by atoms with Gasteiger partial charge in [-0.25, -0.2) is 4.98 Å². The lowest BCUT2D eigenvalue weighted by molar-refractivity contribution is -0.150. The summed E-state index contributed by atoms with van der Waals surface area (Å²) < 4.78 is 45.5. The number of nitrogens with zero attached hydrogens (tertiary/aromatic N) is 2. The molecule has 0 aliphatic rings. The Morgan fingerprint density at radius 1 is 1.07 bits per heavy atom. The molecular formula is C19H15F3N2O3. The van der Waals surface area contributed by atoms with Crippen LogP contribution < -0.4 is 0 Å². The van der Waals surface area contributed by atoms with Crippen LogP contribution in [0.3, 0.4) is 0 Å². The van der Waals surface area contributed by atoms with Gasteiger partial charge in [-0.3, -0.25) is 9.59 Å². The molecule has 5 nitrogen and oxygen atoms in total. The molecular weight excluding hydrogens is 361 g/mol. The molecule has 0 unspecified atom stereocenters. The third kappa shape index (κ3) is 3.84. The molecule has 8 heteroatoms. The minimum absolute atomic E-state index is 0.0200. The Morgan fingerprint density at radius 2 is 1.78 bits per heavy atom. The Bertz CT molecular complexity index is 995. The number of rotatable bonds is 5. The first-order valence-electron chi connectivity index (χ1n) is 8.14. The summed E-state index contributed by atoms with van der Waals surface area (Å²) in [6, 6.07) is 12.4. The number of carbonyl (C=O) groups excluding carboxylic acids is 2. The van der Waals surface area contributed by atoms with E-state index in [0.29, 0.717) is 5.56 Å². The highest BCUT2D eigenvalue weighted by Crippen LogP contribution is 2.32. The fourth-order valence-corrected chi connectivity index (χ4v) is 2.74. The maximum absolute atomic E-state index is 13.3. The number of ether oxygens (including phenoxy) is 1. The Kier molecular flexibility index (Phi) is 4.98. The van der Waals surface area contributed by atoms with Crippen LogP contribution in [0.2, 0.25) is 0 Å². The molecule has 1 heterocycles. The Hall–Kier alpha value is -3.16. The Labute approximate surface area is 152 Å². The highest BCUT2D eigenvalue weighted by molar-refractivity contribution is 6.10. The highest BCUT2D eigenvalue weighted by Gasteiger charge is 2.38. The van der Waals surface area contributed by atoms with E-state index in [1.807, 2.05) is 0 Å². The van der Waals surface area contributed by atoms with Crippen LogP contribution in [-0.2, 0) is 22.3 Å². The summed E-state index contributed by atoms with van der Waals surface area (Å²) in [6.07, 6.45) is -4.75. The molecule has 0 saturated carbocycles. The number of halogens is 3. The van der Waals surface area contributed by atoms with E-state index in [1.165, 1.54) is 18.2 Å². The van der Waals surface area contributed by atoms with Crippen molar-refractivity contribution in [2.24, 2.45) is 0 Å². The fraction of sp³-hybridized carbons (Fsp3) is 0.211. The second kappa shape index (κ2) is 7.22. The molecule has 0 bridgehead atoms. The smallest absolute Gasteiger partial charge is 0.449 e. The van der Waals surface area contributed by atoms with Crippen molar-refractivity contribution in [3.63, 3.8) is 0 Å². The lowest BCUT2D eigenvalue weighted by Gasteiger charge is -2.10. The average Bonchev–Trinajstić information content (AvgIpc) is 3.00. The second-order valence-corrected chi connectivity index (χ2v) is 5.72. The van der Waals surface area contributed by atoms with Gasteiger partial charge in [-0.05, 0) is 25.1 Å². The van der Waals surface area contributed by atoms with Crippen LogP contribution in [0.25, 0.3) is 11.0 Å². The number of alkyl halides is 3. The standard InChI is InChI=1S/C19H15F3N2O3/c1-2-27-16(25)11-24-15-9-8-13(17(26)12-6-4-3-5-7-12)10-14(15)23-18(24)19(20,21)22/h3-10H,2,11H2,1H3. The zero-order valence-corrected chi connectivity index (χ0v) is 14.3. The van der Waals surface area contributed by atoms with Gasteiger partial charge in [0.1, 0.15) is 6.54 Å². The maximum Gasteiger partial charge on any atom is 0.449 e. The number of benzene rings is 2. The Morgan fingerprint density at radius 3 is 2.41 bits per heavy atom. The van der Waals surface area contributed by atoms with Gasteiger partial charge >= 0.3 is 12.1 Å². The first-order chi connectivity index (χ1) is 12.8. The summed E-state index contributed by atoms with van der Waals surface area (Å²) in [5.41, 5.74) is 0.704. The topological polar surface area (TPSA) is 61.2 Å². The van der Waals surface area contributed by atoms with Crippen molar-refractivity contribution in [3.05, 3.63) is 65.5 Å². The second-order valence-electron chi connectivity index (χ2n) is 5.72. The minimum Gasteiger partial charge on any atom is -0.465 e. The fourth-order valence-electron chi connectivity index (χ4n) is 2.74. The molecule has 3 aromatic rings. The van der Waals surface area contributed by atoms with Crippen molar-refractivity contribution in [1.82, 2.24) is 9.55 Å². The van der Waals surface area contributed by atoms with Crippen LogP contribution in [0.4, 0.5) is 13.2 Å². The highest BCUT2D eigenvalue weighted by atomic mass is 19.4. The number of hydrogen-bond acceptors (Lipinski definition) is 4. The predicted molar refractivity (Wildman–Crippen MR) is 91.2 cm³/mol. The van der Waals surface area contributed by atoms with Crippen molar-refractivity contribution in [3.8, 4) is 0 Å². The lowest BCUT2D eigenvalue weighted by Crippen LogP contribution is -2.20. The molecule has 3 rings (SSSR count). The van der Waals surface area contributed by atoms with Gasteiger partial charge in [0.05, 0.1) is 17.6 Å². The first kappa shape index (κ1) is 18.6. The van der Waals surface area contributed by atoms with E-state index in [4.69, 9.17) is 4.74 Å². The summed E-state index contributed by atoms with van der Waals surface area (Å²) in [5, 5.41) is 0. The normalized spacial score (nSPS) is 11.6. The number of fused-ring (bicyclic) bond motifs is 1. The maximum atomic E-state index is 13.3. The van der Waals surface area contributed by atoms with Crippen molar-refractivity contribution in [1.29, 1.82) is 0 Å². The van der Waals surface area contributed by atoms with Gasteiger partial charge < -0.3 is 9.30 Å². The van der Waals surface area contributed by atoms with Gasteiger partial charge in [-0.1, -0.05) is 30.3 Å². The summed E-state index contributed by atoms with van der Waals surface area (Å²) in [5.74, 6) is -2.34. The van der Waals surface area contributed by atoms with Gasteiger partial charge in [0.2, 0.25) is 5.82 Å². The number of hydrogen-bond donors (Lipinski definition) is 0. The zero-order valence-electron chi connectivity index (χ0n) is 14.3. The molecule has 0 aliphatic heterocycles. The zero-order chi connectivity index (χ0) is 19.6. The third-order valence-electron chi connectivity index (χ3n) is 3.89. The number of esters is 1. The summed E-state index contributed by atoms with van der Waals surface area (Å²) in [4.78, 5) is 27.8. The molecule has 0 spiro atoms. The van der Waals surface area contributed by atoms with E-state index in [9.17, 15) is 22.8 Å². The first-order valence-corrected chi connectivity index (χ1v) is 8.14. The molecule has 0 N–H and O–H groups in total. The molecule has 0 saturated heterocycles. The molecule has 140 valence electrons. The quantitative estimate of drug-likeness (QED) is 0.501. The van der Waals surface area contributed by atoms with E-state index < -0.39 is 24.5 Å². The molecule has 0 radical (unpaired) electrons. The number of aromatic nitrogens is 2. The van der Waals surface area contributed by atoms with Crippen LogP contribution in [0.15, 0.2) is 48.5 Å². The summed E-state index contributed by atoms with van der Waals surface area (Å²) in [7, 11) is 0. The molecule has 0 amide bonds. The van der Waals surface area contributed by atoms with Gasteiger partial charge in [-0.2, -0.15) is 13.2 Å². The number of imidazole rings is 1. The van der Waals surface area contributed by atoms with E-state index >= 15 is 0 Å². The van der Waals surface area contributed by atoms with Crippen molar-refractivity contribution >= 4 is 22.8 Å². The molecule has 2 aromatic carbocycles. The predicted octanol–water partition coefficient (Wildman–Crippen LogP) is 3.85. The molecule has 27 heavy (non-hydrogen) atoms. The van der Waals surface area contributed by atoms with Gasteiger partial charge in [0, 0.05) is 11.1 Å². The van der Waals surface area contributed by atoms with Gasteiger partial charge in [0.25, 0.3) is 0 Å². The van der Waals surface area contributed by atoms with Crippen LogP contribution in [0.5, 0.6) is 0 Å². The minimum atomic E-state index is -4.75. The molecule has 1 aromatic heterocycles. The van der Waals surface area contributed by atoms with Crippen molar-refractivity contribution in [2.45, 2.75) is 19.6 Å². The average molecular weight is 376 g/mol. The largest absolute Gasteiger partial charge is 0.465 e. The van der Waals surface area contributed by atoms with E-state index in [-0.39, 0.29) is 29.0 Å². The summed E-state index contributed by atoms with van der Waals surface area (Å²) >= 11 is 0. The van der Waals surface area contributed by atoms with E-state index in [2.05, 4.69) is 4.98 Å². The van der Waals surface area contributed by atoms with Crippen molar-refractivity contribution in [2.75, 3.05) is 6.61 Å². The van der Waals surface area contributed by atoms with Gasteiger partial charge in [-0.15, -0.1) is 0 Å². The van der Waals surface area contributed by atoms with Crippen LogP contribution >= 0.6 is 0 Å². The molecule has 0 atom stereocenters. The third-order valence-corrected chi connectivity index (χ3v) is 3.89. The van der Waals surface area contributed by atoms with E-state index in [1.54, 1.807) is 37.3 Å². The van der Waals surface area contributed by atoms with Gasteiger partial charge in [0.15, 0.2) is 5.78 Å². The SMILES string of the molecule is CCOC(=O)Cn1c(C(F)(F)F)nc2cc(C(=O)c3ccccc3)ccc21. The lowest BCUT2D eigenvalue weighted by atomic mass is 10.0. The van der Waals surface area contributed by atoms with Crippen LogP contribution in [-0.4, -0.2) is 27.9 Å². The molecule has 0 fully saturated rings. The van der Waals surface area contributed by atoms with Crippen molar-refractivity contribution < 1.29 is 27.5 Å². The number of ketones is 1. The summed E-state index contributed by atoms with van der Waals surface area (Å²) in [6.45, 7) is 1.00.